The predicted molar refractivity (Wildman–Crippen MR) is 100 cm³/mol. The van der Waals surface area contributed by atoms with Gasteiger partial charge in [-0.15, -0.1) is 5.10 Å². The molecule has 0 radical (unpaired) electrons. The normalized spacial score (nSPS) is 15.4. The fourth-order valence-corrected chi connectivity index (χ4v) is 3.35. The average molecular weight is 350 g/mol. The number of rotatable bonds is 2. The number of nitrogens with zero attached hydrogens (tertiary/aromatic N) is 3. The minimum atomic E-state index is -0.336. The molecule has 1 amide bonds. The number of likely N-dealkylation sites (tertiary alicyclic amines) is 1. The Labute approximate surface area is 152 Å². The number of nitrogens with one attached hydrogen (secondary N) is 1. The number of aryl methyl sites for hydroxylation is 1. The van der Waals surface area contributed by atoms with Crippen molar-refractivity contribution in [2.45, 2.75) is 26.7 Å². The molecule has 4 rings (SSSR count). The van der Waals surface area contributed by atoms with Gasteiger partial charge in [0.1, 0.15) is 0 Å². The van der Waals surface area contributed by atoms with Crippen LogP contribution in [0.4, 0.5) is 4.79 Å². The molecule has 0 saturated carbocycles. The number of carbonyl (C=O) groups is 1. The van der Waals surface area contributed by atoms with Crippen LogP contribution in [0.5, 0.6) is 5.88 Å². The van der Waals surface area contributed by atoms with E-state index < -0.39 is 0 Å². The number of aromatic amines is 1. The summed E-state index contributed by atoms with van der Waals surface area (Å²) >= 11 is 0. The molecule has 134 valence electrons. The van der Waals surface area contributed by atoms with Gasteiger partial charge in [-0.1, -0.05) is 37.3 Å². The van der Waals surface area contributed by atoms with Crippen LogP contribution in [0.1, 0.15) is 25.3 Å². The number of aromatic nitrogens is 3. The first kappa shape index (κ1) is 16.6. The number of hydrogen-bond donors (Lipinski definition) is 1. The van der Waals surface area contributed by atoms with Gasteiger partial charge < -0.3 is 9.64 Å². The first-order valence-electron chi connectivity index (χ1n) is 8.99. The molecule has 6 nitrogen and oxygen atoms in total. The minimum absolute atomic E-state index is 0.299. The van der Waals surface area contributed by atoms with Crippen LogP contribution in [0.3, 0.4) is 0 Å². The van der Waals surface area contributed by atoms with Crippen molar-refractivity contribution < 1.29 is 9.53 Å². The summed E-state index contributed by atoms with van der Waals surface area (Å²) in [6.45, 7) is 5.66. The molecule has 26 heavy (non-hydrogen) atoms. The smallest absolute Gasteiger partial charge is 0.389 e. The topological polar surface area (TPSA) is 71.1 Å². The Morgan fingerprint density at radius 2 is 1.96 bits per heavy atom. The second-order valence-electron chi connectivity index (χ2n) is 6.98. The summed E-state index contributed by atoms with van der Waals surface area (Å²) in [5.74, 6) is 0.960. The van der Waals surface area contributed by atoms with Gasteiger partial charge in [-0.05, 0) is 37.3 Å². The Balaban J connectivity index is 1.60. The van der Waals surface area contributed by atoms with Gasteiger partial charge in [-0.2, -0.15) is 0 Å². The van der Waals surface area contributed by atoms with Crippen molar-refractivity contribution >= 4 is 17.1 Å². The monoisotopic (exact) mass is 350 g/mol. The number of benzene rings is 1. The highest BCUT2D eigenvalue weighted by Crippen LogP contribution is 2.29. The van der Waals surface area contributed by atoms with E-state index in [-0.39, 0.29) is 6.09 Å². The van der Waals surface area contributed by atoms with E-state index >= 15 is 0 Å². The highest BCUT2D eigenvalue weighted by atomic mass is 16.6. The van der Waals surface area contributed by atoms with Crippen molar-refractivity contribution in [1.82, 2.24) is 20.1 Å². The fourth-order valence-electron chi connectivity index (χ4n) is 3.35. The highest BCUT2D eigenvalue weighted by Gasteiger charge is 2.24. The molecule has 1 fully saturated rings. The van der Waals surface area contributed by atoms with Crippen molar-refractivity contribution in [3.05, 3.63) is 42.0 Å². The standard InChI is InChI=1S/C20H22N4O2/c1-13-8-10-24(11-9-13)20(25)26-19-17-14(2)12-16(21-18(17)22-23-19)15-6-4-3-5-7-15/h3-7,12-13H,8-11H2,1-2H3,(H,21,22,23). The lowest BCUT2D eigenvalue weighted by Crippen LogP contribution is -2.39. The maximum atomic E-state index is 12.4. The van der Waals surface area contributed by atoms with Crippen molar-refractivity contribution in [3.63, 3.8) is 0 Å². The number of piperidine rings is 1. The molecule has 1 aromatic carbocycles. The number of H-pyrrole nitrogens is 1. The second-order valence-corrected chi connectivity index (χ2v) is 6.98. The molecule has 0 atom stereocenters. The number of hydrogen-bond acceptors (Lipinski definition) is 4. The maximum absolute atomic E-state index is 12.4. The molecular formula is C20H22N4O2. The lowest BCUT2D eigenvalue weighted by Gasteiger charge is -2.29. The first-order valence-corrected chi connectivity index (χ1v) is 8.99. The summed E-state index contributed by atoms with van der Waals surface area (Å²) < 4.78 is 5.57. The van der Waals surface area contributed by atoms with E-state index in [9.17, 15) is 4.79 Å². The average Bonchev–Trinajstić information content (AvgIpc) is 3.06. The van der Waals surface area contributed by atoms with Crippen molar-refractivity contribution in [3.8, 4) is 17.1 Å². The zero-order valence-electron chi connectivity index (χ0n) is 15.0. The van der Waals surface area contributed by atoms with E-state index in [0.717, 1.165) is 48.1 Å². The van der Waals surface area contributed by atoms with Gasteiger partial charge in [-0.25, -0.2) is 9.78 Å². The van der Waals surface area contributed by atoms with Crippen molar-refractivity contribution in [1.29, 1.82) is 0 Å². The van der Waals surface area contributed by atoms with Gasteiger partial charge in [0.25, 0.3) is 5.88 Å². The molecule has 0 spiro atoms. The lowest BCUT2D eigenvalue weighted by atomic mass is 10.00. The molecule has 1 aliphatic heterocycles. The number of ether oxygens (including phenoxy) is 1. The summed E-state index contributed by atoms with van der Waals surface area (Å²) in [5, 5.41) is 7.83. The third kappa shape index (κ3) is 3.14. The molecule has 6 heteroatoms. The number of fused-ring (bicyclic) bond motifs is 1. The zero-order valence-corrected chi connectivity index (χ0v) is 15.0. The quantitative estimate of drug-likeness (QED) is 0.753. The molecular weight excluding hydrogens is 328 g/mol. The van der Waals surface area contributed by atoms with Crippen LogP contribution < -0.4 is 4.74 Å². The first-order chi connectivity index (χ1) is 12.6. The number of carbonyl (C=O) groups excluding carboxylic acids is 1. The number of amides is 1. The Morgan fingerprint density at radius 3 is 2.69 bits per heavy atom. The van der Waals surface area contributed by atoms with Gasteiger partial charge >= 0.3 is 6.09 Å². The summed E-state index contributed by atoms with van der Waals surface area (Å²) in [6, 6.07) is 12.0. The van der Waals surface area contributed by atoms with Crippen molar-refractivity contribution in [2.75, 3.05) is 13.1 Å². The minimum Gasteiger partial charge on any atom is -0.389 e. The Morgan fingerprint density at radius 1 is 1.23 bits per heavy atom. The van der Waals surface area contributed by atoms with Gasteiger partial charge in [-0.3, -0.25) is 5.10 Å². The molecule has 0 unspecified atom stereocenters. The summed E-state index contributed by atoms with van der Waals surface area (Å²) in [7, 11) is 0. The van der Waals surface area contributed by atoms with Crippen LogP contribution in [0.15, 0.2) is 36.4 Å². The molecule has 1 saturated heterocycles. The van der Waals surface area contributed by atoms with Crippen LogP contribution in [0.2, 0.25) is 0 Å². The third-order valence-electron chi connectivity index (χ3n) is 4.99. The molecule has 1 aliphatic rings. The zero-order chi connectivity index (χ0) is 18.1. The van der Waals surface area contributed by atoms with Crippen LogP contribution in [-0.2, 0) is 0 Å². The van der Waals surface area contributed by atoms with E-state index in [2.05, 4.69) is 22.1 Å². The van der Waals surface area contributed by atoms with Gasteiger partial charge in [0.05, 0.1) is 11.1 Å². The molecule has 0 bridgehead atoms. The van der Waals surface area contributed by atoms with Crippen LogP contribution >= 0.6 is 0 Å². The maximum Gasteiger partial charge on any atom is 0.416 e. The van der Waals surface area contributed by atoms with E-state index in [0.29, 0.717) is 17.4 Å². The lowest BCUT2D eigenvalue weighted by molar-refractivity contribution is 0.132. The van der Waals surface area contributed by atoms with Gasteiger partial charge in [0.2, 0.25) is 0 Å². The fraction of sp³-hybridized carbons (Fsp3) is 0.350. The predicted octanol–water partition coefficient (Wildman–Crippen LogP) is 4.16. The summed E-state index contributed by atoms with van der Waals surface area (Å²) in [6.07, 6.45) is 1.69. The van der Waals surface area contributed by atoms with E-state index in [1.807, 2.05) is 43.3 Å². The van der Waals surface area contributed by atoms with E-state index in [1.165, 1.54) is 0 Å². The van der Waals surface area contributed by atoms with E-state index in [4.69, 9.17) is 4.74 Å². The van der Waals surface area contributed by atoms with Gasteiger partial charge in [0, 0.05) is 18.7 Å². The molecule has 1 N–H and O–H groups in total. The highest BCUT2D eigenvalue weighted by molar-refractivity contribution is 5.88. The van der Waals surface area contributed by atoms with Crippen LogP contribution in [-0.4, -0.2) is 39.3 Å². The second kappa shape index (κ2) is 6.78. The van der Waals surface area contributed by atoms with Crippen molar-refractivity contribution in [2.24, 2.45) is 5.92 Å². The molecule has 2 aromatic heterocycles. The van der Waals surface area contributed by atoms with E-state index in [1.54, 1.807) is 4.90 Å². The SMILES string of the molecule is Cc1cc(-c2ccccc2)nc2[nH]nc(OC(=O)N3CCC(C)CC3)c12. The summed E-state index contributed by atoms with van der Waals surface area (Å²) in [4.78, 5) is 18.8. The Bertz CT molecular complexity index is 928. The van der Waals surface area contributed by atoms with Crippen LogP contribution in [0, 0.1) is 12.8 Å². The Kier molecular flexibility index (Phi) is 4.32. The Hall–Kier alpha value is -2.89. The molecule has 0 aliphatic carbocycles. The number of pyridine rings is 1. The van der Waals surface area contributed by atoms with Gasteiger partial charge in [0.15, 0.2) is 5.65 Å². The summed E-state index contributed by atoms with van der Waals surface area (Å²) in [5.41, 5.74) is 3.49. The third-order valence-corrected chi connectivity index (χ3v) is 4.99. The molecule has 3 heterocycles. The van der Waals surface area contributed by atoms with Crippen LogP contribution in [0.25, 0.3) is 22.3 Å². The largest absolute Gasteiger partial charge is 0.416 e. The molecule has 3 aromatic rings.